The summed E-state index contributed by atoms with van der Waals surface area (Å²) in [6.07, 6.45) is 1.37. The molecule has 0 fully saturated rings. The van der Waals surface area contributed by atoms with Gasteiger partial charge in [-0.05, 0) is 36.4 Å². The third kappa shape index (κ3) is 2.32. The van der Waals surface area contributed by atoms with Gasteiger partial charge in [-0.3, -0.25) is 9.59 Å². The molecule has 0 spiro atoms. The van der Waals surface area contributed by atoms with E-state index >= 15 is 0 Å². The number of hydrogen-bond donors (Lipinski definition) is 0. The van der Waals surface area contributed by atoms with E-state index in [1.54, 1.807) is 30.3 Å². The summed E-state index contributed by atoms with van der Waals surface area (Å²) in [4.78, 5) is 25.6. The highest BCUT2D eigenvalue weighted by molar-refractivity contribution is 6.48. The van der Waals surface area contributed by atoms with Crippen LogP contribution in [0, 0.1) is 0 Å². The average Bonchev–Trinajstić information content (AvgIpc) is 2.91. The second-order valence-corrected chi connectivity index (χ2v) is 4.08. The second-order valence-electron chi connectivity index (χ2n) is 4.08. The van der Waals surface area contributed by atoms with Crippen LogP contribution in [0.4, 0.5) is 5.69 Å². The summed E-state index contributed by atoms with van der Waals surface area (Å²) in [7, 11) is 3.82. The third-order valence-corrected chi connectivity index (χ3v) is 2.60. The molecule has 18 heavy (non-hydrogen) atoms. The first-order valence-corrected chi connectivity index (χ1v) is 5.49. The summed E-state index contributed by atoms with van der Waals surface area (Å²) >= 11 is 0. The molecule has 1 aromatic carbocycles. The lowest BCUT2D eigenvalue weighted by Gasteiger charge is -2.12. The molecule has 4 nitrogen and oxygen atoms in total. The van der Waals surface area contributed by atoms with Crippen molar-refractivity contribution in [2.24, 2.45) is 0 Å². The number of furan rings is 1. The van der Waals surface area contributed by atoms with Crippen molar-refractivity contribution in [2.75, 3.05) is 19.0 Å². The van der Waals surface area contributed by atoms with Gasteiger partial charge in [-0.1, -0.05) is 0 Å². The lowest BCUT2D eigenvalue weighted by atomic mass is 10.1. The molecule has 0 atom stereocenters. The zero-order valence-corrected chi connectivity index (χ0v) is 10.2. The molecule has 0 saturated heterocycles. The fraction of sp³-hybridized carbons (Fsp3) is 0.143. The SMILES string of the molecule is CN(C)c1ccc(C(=O)C(=O)c2ccco2)cc1. The molecule has 92 valence electrons. The number of ketones is 2. The number of rotatable bonds is 4. The van der Waals surface area contributed by atoms with Crippen molar-refractivity contribution in [1.29, 1.82) is 0 Å². The van der Waals surface area contributed by atoms with Gasteiger partial charge < -0.3 is 9.32 Å². The standard InChI is InChI=1S/C14H13NO3/c1-15(2)11-7-5-10(6-8-11)13(16)14(17)12-4-3-9-18-12/h3-9H,1-2H3. The quantitative estimate of drug-likeness (QED) is 0.611. The fourth-order valence-corrected chi connectivity index (χ4v) is 1.56. The molecule has 0 bridgehead atoms. The van der Waals surface area contributed by atoms with Crippen molar-refractivity contribution in [3.63, 3.8) is 0 Å². The zero-order valence-electron chi connectivity index (χ0n) is 10.2. The Morgan fingerprint density at radius 3 is 2.17 bits per heavy atom. The van der Waals surface area contributed by atoms with Gasteiger partial charge >= 0.3 is 0 Å². The Hall–Kier alpha value is -2.36. The molecule has 4 heteroatoms. The minimum absolute atomic E-state index is 0.0664. The van der Waals surface area contributed by atoms with Crippen molar-refractivity contribution in [3.8, 4) is 0 Å². The number of carbonyl (C=O) groups is 2. The van der Waals surface area contributed by atoms with E-state index in [1.165, 1.54) is 12.3 Å². The first-order valence-electron chi connectivity index (χ1n) is 5.49. The second kappa shape index (κ2) is 4.87. The zero-order chi connectivity index (χ0) is 13.1. The smallest absolute Gasteiger partial charge is 0.268 e. The van der Waals surface area contributed by atoms with Gasteiger partial charge in [0.1, 0.15) is 0 Å². The Morgan fingerprint density at radius 1 is 1.00 bits per heavy atom. The average molecular weight is 243 g/mol. The molecule has 2 rings (SSSR count). The van der Waals surface area contributed by atoms with Gasteiger partial charge in [-0.15, -0.1) is 0 Å². The van der Waals surface area contributed by atoms with Crippen LogP contribution in [-0.2, 0) is 0 Å². The summed E-state index contributed by atoms with van der Waals surface area (Å²) in [6.45, 7) is 0. The van der Waals surface area contributed by atoms with Crippen LogP contribution in [0.15, 0.2) is 47.1 Å². The van der Waals surface area contributed by atoms with Crippen molar-refractivity contribution in [3.05, 3.63) is 54.0 Å². The van der Waals surface area contributed by atoms with Crippen LogP contribution in [0.3, 0.4) is 0 Å². The Morgan fingerprint density at radius 2 is 1.67 bits per heavy atom. The van der Waals surface area contributed by atoms with Crippen LogP contribution < -0.4 is 4.90 Å². The number of nitrogens with zero attached hydrogens (tertiary/aromatic N) is 1. The van der Waals surface area contributed by atoms with E-state index in [1.807, 2.05) is 19.0 Å². The number of hydrogen-bond acceptors (Lipinski definition) is 4. The summed E-state index contributed by atoms with van der Waals surface area (Å²) in [5, 5.41) is 0. The Bertz CT molecular complexity index is 553. The van der Waals surface area contributed by atoms with Crippen LogP contribution in [0.2, 0.25) is 0 Å². The van der Waals surface area contributed by atoms with Crippen LogP contribution in [-0.4, -0.2) is 25.7 Å². The third-order valence-electron chi connectivity index (χ3n) is 2.60. The summed E-state index contributed by atoms with van der Waals surface area (Å²) in [6, 6.07) is 9.92. The van der Waals surface area contributed by atoms with Gasteiger partial charge in [0.2, 0.25) is 5.78 Å². The molecular weight excluding hydrogens is 230 g/mol. The van der Waals surface area contributed by atoms with E-state index in [-0.39, 0.29) is 5.76 Å². The van der Waals surface area contributed by atoms with Gasteiger partial charge in [-0.25, -0.2) is 0 Å². The van der Waals surface area contributed by atoms with E-state index in [0.29, 0.717) is 5.56 Å². The predicted molar refractivity (Wildman–Crippen MR) is 68.1 cm³/mol. The monoisotopic (exact) mass is 243 g/mol. The van der Waals surface area contributed by atoms with Crippen molar-refractivity contribution < 1.29 is 14.0 Å². The minimum Gasteiger partial charge on any atom is -0.461 e. The topological polar surface area (TPSA) is 50.5 Å². The van der Waals surface area contributed by atoms with E-state index in [0.717, 1.165) is 5.69 Å². The molecule has 2 aromatic rings. The first kappa shape index (κ1) is 12.1. The largest absolute Gasteiger partial charge is 0.461 e. The van der Waals surface area contributed by atoms with Gasteiger partial charge in [0.15, 0.2) is 5.76 Å². The maximum atomic E-state index is 11.9. The van der Waals surface area contributed by atoms with Crippen molar-refractivity contribution >= 4 is 17.3 Å². The van der Waals surface area contributed by atoms with Gasteiger partial charge in [-0.2, -0.15) is 0 Å². The van der Waals surface area contributed by atoms with Gasteiger partial charge in [0.05, 0.1) is 6.26 Å². The number of anilines is 1. The highest BCUT2D eigenvalue weighted by Crippen LogP contribution is 2.14. The first-order chi connectivity index (χ1) is 8.59. The number of Topliss-reactive ketones (excluding diaryl/α,β-unsaturated/α-hetero) is 2. The van der Waals surface area contributed by atoms with Gasteiger partial charge in [0.25, 0.3) is 5.78 Å². The van der Waals surface area contributed by atoms with E-state index in [2.05, 4.69) is 0 Å². The van der Waals surface area contributed by atoms with Gasteiger partial charge in [0, 0.05) is 25.3 Å². The summed E-state index contributed by atoms with van der Waals surface area (Å²) in [5.41, 5.74) is 1.33. The van der Waals surface area contributed by atoms with Crippen LogP contribution in [0.1, 0.15) is 20.9 Å². The Balaban J connectivity index is 2.21. The number of carbonyl (C=O) groups excluding carboxylic acids is 2. The van der Waals surface area contributed by atoms with Crippen LogP contribution in [0.5, 0.6) is 0 Å². The molecule has 0 amide bonds. The molecule has 0 aliphatic heterocycles. The molecule has 0 unspecified atom stereocenters. The summed E-state index contributed by atoms with van der Waals surface area (Å²) < 4.78 is 4.92. The molecule has 0 aliphatic rings. The van der Waals surface area contributed by atoms with E-state index < -0.39 is 11.6 Å². The Kier molecular flexibility index (Phi) is 3.28. The Labute approximate surface area is 105 Å². The molecule has 0 radical (unpaired) electrons. The van der Waals surface area contributed by atoms with E-state index in [4.69, 9.17) is 4.42 Å². The molecule has 0 N–H and O–H groups in total. The minimum atomic E-state index is -0.627. The maximum absolute atomic E-state index is 11.9. The van der Waals surface area contributed by atoms with E-state index in [9.17, 15) is 9.59 Å². The lowest BCUT2D eigenvalue weighted by molar-refractivity contribution is 0.0801. The predicted octanol–water partition coefficient (Wildman–Crippen LogP) is 2.41. The maximum Gasteiger partial charge on any atom is 0.268 e. The summed E-state index contributed by atoms with van der Waals surface area (Å²) in [5.74, 6) is -1.12. The molecule has 0 aliphatic carbocycles. The highest BCUT2D eigenvalue weighted by Gasteiger charge is 2.20. The fourth-order valence-electron chi connectivity index (χ4n) is 1.56. The van der Waals surface area contributed by atoms with Crippen LogP contribution in [0.25, 0.3) is 0 Å². The van der Waals surface area contributed by atoms with Crippen molar-refractivity contribution in [2.45, 2.75) is 0 Å². The van der Waals surface area contributed by atoms with Crippen LogP contribution >= 0.6 is 0 Å². The molecule has 1 heterocycles. The lowest BCUT2D eigenvalue weighted by Crippen LogP contribution is -2.14. The van der Waals surface area contributed by atoms with Crippen molar-refractivity contribution in [1.82, 2.24) is 0 Å². The molecule has 1 aromatic heterocycles. The number of benzene rings is 1. The normalized spacial score (nSPS) is 10.1. The highest BCUT2D eigenvalue weighted by atomic mass is 16.3. The molecular formula is C14H13NO3. The molecule has 0 saturated carbocycles.